The zero-order valence-corrected chi connectivity index (χ0v) is 24.1. The highest BCUT2D eigenvalue weighted by Gasteiger charge is 2.30. The highest BCUT2D eigenvalue weighted by molar-refractivity contribution is 7.97. The zero-order valence-electron chi connectivity index (χ0n) is 23.3. The fourth-order valence-corrected chi connectivity index (χ4v) is 6.06. The molecular formula is C32H39FN2O2S. The summed E-state index contributed by atoms with van der Waals surface area (Å²) in [7, 11) is 0. The molecule has 0 N–H and O–H groups in total. The number of carbonyl (C=O) groups excluding carboxylic acids is 1. The van der Waals surface area contributed by atoms with E-state index in [1.165, 1.54) is 17.7 Å². The fourth-order valence-electron chi connectivity index (χ4n) is 5.10. The first-order valence-electron chi connectivity index (χ1n) is 13.5. The Kier molecular flexibility index (Phi) is 9.14. The molecule has 202 valence electrons. The minimum absolute atomic E-state index is 0.201. The SMILES string of the molecule is CCOC(=O)Cc1c(C)nc(C)c(-c2ccc(CSCc3ccc(F)cc3)cc2)c1N1CCC(C)(C)CC1. The van der Waals surface area contributed by atoms with Gasteiger partial charge in [0.2, 0.25) is 0 Å². The van der Waals surface area contributed by atoms with Gasteiger partial charge >= 0.3 is 5.97 Å². The lowest BCUT2D eigenvalue weighted by molar-refractivity contribution is -0.142. The van der Waals surface area contributed by atoms with Crippen molar-refractivity contribution in [3.05, 3.63) is 82.4 Å². The van der Waals surface area contributed by atoms with Crippen LogP contribution in [0.3, 0.4) is 0 Å². The van der Waals surface area contributed by atoms with Crippen LogP contribution in [-0.4, -0.2) is 30.6 Å². The molecule has 1 aliphatic heterocycles. The Morgan fingerprint density at radius 2 is 1.55 bits per heavy atom. The van der Waals surface area contributed by atoms with Crippen LogP contribution in [0.1, 0.15) is 61.7 Å². The number of esters is 1. The third kappa shape index (κ3) is 6.96. The Bertz CT molecular complexity index is 1250. The molecule has 0 spiro atoms. The van der Waals surface area contributed by atoms with Crippen LogP contribution in [0.2, 0.25) is 0 Å². The maximum atomic E-state index is 13.2. The molecule has 0 aliphatic carbocycles. The monoisotopic (exact) mass is 534 g/mol. The minimum Gasteiger partial charge on any atom is -0.466 e. The highest BCUT2D eigenvalue weighted by atomic mass is 32.2. The van der Waals surface area contributed by atoms with Crippen LogP contribution in [0.25, 0.3) is 11.1 Å². The van der Waals surface area contributed by atoms with Gasteiger partial charge in [0.1, 0.15) is 5.82 Å². The molecule has 1 saturated heterocycles. The van der Waals surface area contributed by atoms with E-state index >= 15 is 0 Å². The number of rotatable bonds is 9. The molecule has 3 aromatic rings. The van der Waals surface area contributed by atoms with Crippen molar-refractivity contribution < 1.29 is 13.9 Å². The van der Waals surface area contributed by atoms with Gasteiger partial charge in [0.25, 0.3) is 0 Å². The molecule has 0 unspecified atom stereocenters. The number of nitrogens with zero attached hydrogens (tertiary/aromatic N) is 2. The number of thioether (sulfide) groups is 1. The third-order valence-corrected chi connectivity index (χ3v) is 8.48. The lowest BCUT2D eigenvalue weighted by Gasteiger charge is -2.40. The molecule has 4 nitrogen and oxygen atoms in total. The van der Waals surface area contributed by atoms with Gasteiger partial charge in [-0.25, -0.2) is 4.39 Å². The Morgan fingerprint density at radius 3 is 2.13 bits per heavy atom. The van der Waals surface area contributed by atoms with Crippen molar-refractivity contribution in [1.29, 1.82) is 0 Å². The van der Waals surface area contributed by atoms with Crippen molar-refractivity contribution in [3.63, 3.8) is 0 Å². The molecule has 0 amide bonds. The average molecular weight is 535 g/mol. The number of benzene rings is 2. The van der Waals surface area contributed by atoms with Gasteiger partial charge in [-0.2, -0.15) is 11.8 Å². The summed E-state index contributed by atoms with van der Waals surface area (Å²) < 4.78 is 18.5. The second-order valence-electron chi connectivity index (χ2n) is 10.9. The summed E-state index contributed by atoms with van der Waals surface area (Å²) in [6.45, 7) is 12.9. The summed E-state index contributed by atoms with van der Waals surface area (Å²) in [6, 6.07) is 15.4. The van der Waals surface area contributed by atoms with Crippen LogP contribution in [0.4, 0.5) is 10.1 Å². The molecule has 2 aromatic carbocycles. The number of hydrogen-bond acceptors (Lipinski definition) is 5. The number of piperidine rings is 1. The van der Waals surface area contributed by atoms with Crippen LogP contribution in [0.15, 0.2) is 48.5 Å². The van der Waals surface area contributed by atoms with Gasteiger partial charge in [-0.05, 0) is 67.9 Å². The number of aryl methyl sites for hydroxylation is 2. The van der Waals surface area contributed by atoms with Crippen molar-refractivity contribution in [1.82, 2.24) is 4.98 Å². The summed E-state index contributed by atoms with van der Waals surface area (Å²) in [5, 5.41) is 0. The molecule has 1 aliphatic rings. The van der Waals surface area contributed by atoms with E-state index in [4.69, 9.17) is 9.72 Å². The van der Waals surface area contributed by atoms with Crippen LogP contribution >= 0.6 is 11.8 Å². The first-order chi connectivity index (χ1) is 18.2. The molecular weight excluding hydrogens is 495 g/mol. The number of aromatic nitrogens is 1. The topological polar surface area (TPSA) is 42.4 Å². The Morgan fingerprint density at radius 1 is 0.974 bits per heavy atom. The molecule has 6 heteroatoms. The number of halogens is 1. The molecule has 0 bridgehead atoms. The number of anilines is 1. The van der Waals surface area contributed by atoms with Gasteiger partial charge in [0.15, 0.2) is 0 Å². The van der Waals surface area contributed by atoms with E-state index in [9.17, 15) is 9.18 Å². The molecule has 1 fully saturated rings. The molecule has 0 radical (unpaired) electrons. The summed E-state index contributed by atoms with van der Waals surface area (Å²) in [4.78, 5) is 20.0. The molecule has 2 heterocycles. The van der Waals surface area contributed by atoms with E-state index in [0.29, 0.717) is 12.0 Å². The van der Waals surface area contributed by atoms with Crippen LogP contribution in [0.5, 0.6) is 0 Å². The molecule has 38 heavy (non-hydrogen) atoms. The fraction of sp³-hybridized carbons (Fsp3) is 0.438. The van der Waals surface area contributed by atoms with Crippen molar-refractivity contribution in [2.24, 2.45) is 5.41 Å². The predicted molar refractivity (Wildman–Crippen MR) is 156 cm³/mol. The van der Waals surface area contributed by atoms with Crippen molar-refractivity contribution in [2.45, 2.75) is 65.4 Å². The van der Waals surface area contributed by atoms with Crippen LogP contribution in [-0.2, 0) is 27.5 Å². The lowest BCUT2D eigenvalue weighted by atomic mass is 9.82. The van der Waals surface area contributed by atoms with E-state index < -0.39 is 0 Å². The Hall–Kier alpha value is -2.86. The maximum absolute atomic E-state index is 13.2. The summed E-state index contributed by atoms with van der Waals surface area (Å²) in [5.74, 6) is 1.31. The van der Waals surface area contributed by atoms with Crippen LogP contribution in [0, 0.1) is 25.1 Å². The number of hydrogen-bond donors (Lipinski definition) is 0. The van der Waals surface area contributed by atoms with E-state index in [2.05, 4.69) is 49.9 Å². The zero-order chi connectivity index (χ0) is 27.3. The number of ether oxygens (including phenoxy) is 1. The van der Waals surface area contributed by atoms with Gasteiger partial charge in [-0.1, -0.05) is 50.2 Å². The van der Waals surface area contributed by atoms with Gasteiger partial charge in [0, 0.05) is 47.1 Å². The summed E-state index contributed by atoms with van der Waals surface area (Å²) in [6.07, 6.45) is 2.44. The molecule has 0 atom stereocenters. The average Bonchev–Trinajstić information content (AvgIpc) is 2.88. The number of carbonyl (C=O) groups is 1. The first-order valence-corrected chi connectivity index (χ1v) is 14.6. The summed E-state index contributed by atoms with van der Waals surface area (Å²) in [5.41, 5.74) is 8.90. The predicted octanol–water partition coefficient (Wildman–Crippen LogP) is 7.67. The molecule has 1 aromatic heterocycles. The van der Waals surface area contributed by atoms with Gasteiger partial charge in [-0.3, -0.25) is 9.78 Å². The lowest BCUT2D eigenvalue weighted by Crippen LogP contribution is -2.38. The third-order valence-electron chi connectivity index (χ3n) is 7.41. The van der Waals surface area contributed by atoms with E-state index in [1.807, 2.05) is 37.7 Å². The van der Waals surface area contributed by atoms with Crippen molar-refractivity contribution >= 4 is 23.4 Å². The van der Waals surface area contributed by atoms with E-state index in [0.717, 1.165) is 76.8 Å². The van der Waals surface area contributed by atoms with E-state index in [-0.39, 0.29) is 18.2 Å². The highest BCUT2D eigenvalue weighted by Crippen LogP contribution is 2.41. The van der Waals surface area contributed by atoms with Gasteiger partial charge in [0.05, 0.1) is 18.7 Å². The van der Waals surface area contributed by atoms with Gasteiger partial charge < -0.3 is 9.64 Å². The smallest absolute Gasteiger partial charge is 0.310 e. The number of pyridine rings is 1. The Balaban J connectivity index is 1.62. The van der Waals surface area contributed by atoms with E-state index in [1.54, 1.807) is 0 Å². The van der Waals surface area contributed by atoms with Crippen LogP contribution < -0.4 is 4.90 Å². The molecule has 4 rings (SSSR count). The second kappa shape index (κ2) is 12.3. The first kappa shape index (κ1) is 28.2. The minimum atomic E-state index is -0.209. The normalized spacial score (nSPS) is 14.9. The Labute approximate surface area is 231 Å². The maximum Gasteiger partial charge on any atom is 0.310 e. The van der Waals surface area contributed by atoms with Crippen molar-refractivity contribution in [3.8, 4) is 11.1 Å². The van der Waals surface area contributed by atoms with Gasteiger partial charge in [-0.15, -0.1) is 0 Å². The van der Waals surface area contributed by atoms with Crippen molar-refractivity contribution in [2.75, 3.05) is 24.6 Å². The summed E-state index contributed by atoms with van der Waals surface area (Å²) >= 11 is 1.82. The molecule has 0 saturated carbocycles. The standard InChI is InChI=1S/C32H39FN2O2S/c1-6-37-29(36)19-28-22(2)34-23(3)30(31(28)35-17-15-32(4,5)16-18-35)26-11-7-24(8-12-26)20-38-21-25-9-13-27(33)14-10-25/h7-14H,6,15-21H2,1-5H3. The quantitative estimate of drug-likeness (QED) is 0.264. The second-order valence-corrected chi connectivity index (χ2v) is 11.9. The largest absolute Gasteiger partial charge is 0.466 e.